The van der Waals surface area contributed by atoms with Gasteiger partial charge in [-0.3, -0.25) is 19.7 Å². The second kappa shape index (κ2) is 4.89. The van der Waals surface area contributed by atoms with Gasteiger partial charge in [-0.05, 0) is 12.1 Å². The van der Waals surface area contributed by atoms with E-state index in [0.29, 0.717) is 15.6 Å². The van der Waals surface area contributed by atoms with Gasteiger partial charge in [-0.15, -0.1) is 0 Å². The molecule has 6 heteroatoms. The fourth-order valence-electron chi connectivity index (χ4n) is 2.54. The minimum Gasteiger partial charge on any atom is -0.293 e. The van der Waals surface area contributed by atoms with Crippen molar-refractivity contribution in [3.05, 3.63) is 73.7 Å². The summed E-state index contributed by atoms with van der Waals surface area (Å²) in [6, 6.07) is 10.8. The molecule has 3 rings (SSSR count). The lowest BCUT2D eigenvalue weighted by molar-refractivity contribution is -0.385. The topological polar surface area (TPSA) is 77.3 Å². The van der Waals surface area contributed by atoms with E-state index in [1.54, 1.807) is 30.3 Å². The number of Topliss-reactive ketones (excluding diaryl/α,β-unsaturated/α-hetero) is 2. The Kier molecular flexibility index (Phi) is 3.17. The van der Waals surface area contributed by atoms with Crippen molar-refractivity contribution >= 4 is 33.2 Å². The molecule has 1 aliphatic rings. The van der Waals surface area contributed by atoms with Gasteiger partial charge in [-0.1, -0.05) is 40.2 Å². The summed E-state index contributed by atoms with van der Waals surface area (Å²) in [5.74, 6) is -1.90. The predicted molar refractivity (Wildman–Crippen MR) is 78.6 cm³/mol. The van der Waals surface area contributed by atoms with Crippen LogP contribution < -0.4 is 0 Å². The van der Waals surface area contributed by atoms with Gasteiger partial charge in [0.2, 0.25) is 0 Å². The van der Waals surface area contributed by atoms with Crippen LogP contribution in [-0.2, 0) is 0 Å². The molecule has 0 aliphatic heterocycles. The Morgan fingerprint density at radius 1 is 1.00 bits per heavy atom. The minimum atomic E-state index is -1.13. The van der Waals surface area contributed by atoms with Crippen LogP contribution >= 0.6 is 15.9 Å². The summed E-state index contributed by atoms with van der Waals surface area (Å²) in [7, 11) is 0. The van der Waals surface area contributed by atoms with Crippen molar-refractivity contribution in [3.63, 3.8) is 0 Å². The van der Waals surface area contributed by atoms with Crippen LogP contribution in [0.1, 0.15) is 32.2 Å². The molecule has 104 valence electrons. The first-order chi connectivity index (χ1) is 10.0. The summed E-state index contributed by atoms with van der Waals surface area (Å²) in [4.78, 5) is 35.4. The molecule has 0 fully saturated rings. The lowest BCUT2D eigenvalue weighted by Crippen LogP contribution is -2.14. The maximum Gasteiger partial charge on any atom is 0.274 e. The monoisotopic (exact) mass is 345 g/mol. The highest BCUT2D eigenvalue weighted by Gasteiger charge is 2.42. The molecule has 0 aromatic heterocycles. The van der Waals surface area contributed by atoms with Crippen molar-refractivity contribution in [3.8, 4) is 0 Å². The van der Waals surface area contributed by atoms with E-state index in [2.05, 4.69) is 15.9 Å². The highest BCUT2D eigenvalue weighted by atomic mass is 79.9. The molecule has 0 saturated heterocycles. The Morgan fingerprint density at radius 2 is 1.57 bits per heavy atom. The van der Waals surface area contributed by atoms with Crippen molar-refractivity contribution in [2.24, 2.45) is 0 Å². The quantitative estimate of drug-likeness (QED) is 0.474. The van der Waals surface area contributed by atoms with Crippen LogP contribution in [-0.4, -0.2) is 16.5 Å². The number of nitro groups is 1. The number of hydrogen-bond donors (Lipinski definition) is 0. The van der Waals surface area contributed by atoms with Gasteiger partial charge in [0.25, 0.3) is 5.69 Å². The largest absolute Gasteiger partial charge is 0.293 e. The zero-order valence-corrected chi connectivity index (χ0v) is 12.2. The fourth-order valence-corrected chi connectivity index (χ4v) is 2.89. The van der Waals surface area contributed by atoms with Gasteiger partial charge in [0.1, 0.15) is 5.92 Å². The van der Waals surface area contributed by atoms with Crippen LogP contribution in [0.3, 0.4) is 0 Å². The number of ketones is 2. The van der Waals surface area contributed by atoms with Crippen LogP contribution in [0.5, 0.6) is 0 Å². The number of rotatable bonds is 2. The molecule has 1 aliphatic carbocycles. The van der Waals surface area contributed by atoms with Crippen LogP contribution in [0, 0.1) is 10.1 Å². The van der Waals surface area contributed by atoms with E-state index in [-0.39, 0.29) is 22.8 Å². The Bertz CT molecular complexity index is 765. The second-order valence-corrected chi connectivity index (χ2v) is 5.58. The van der Waals surface area contributed by atoms with E-state index in [0.717, 1.165) is 0 Å². The molecule has 2 aromatic carbocycles. The number of benzene rings is 2. The van der Waals surface area contributed by atoms with Gasteiger partial charge < -0.3 is 0 Å². The van der Waals surface area contributed by atoms with Crippen molar-refractivity contribution in [1.82, 2.24) is 0 Å². The number of halogens is 1. The van der Waals surface area contributed by atoms with E-state index in [4.69, 9.17) is 0 Å². The van der Waals surface area contributed by atoms with Gasteiger partial charge in [-0.2, -0.15) is 0 Å². The maximum atomic E-state index is 12.4. The highest BCUT2D eigenvalue weighted by molar-refractivity contribution is 9.10. The summed E-state index contributed by atoms with van der Waals surface area (Å²) in [5, 5.41) is 11.2. The first kappa shape index (κ1) is 13.6. The van der Waals surface area contributed by atoms with Crippen LogP contribution in [0.4, 0.5) is 5.69 Å². The Labute approximate surface area is 127 Å². The zero-order chi connectivity index (χ0) is 15.1. The van der Waals surface area contributed by atoms with Crippen molar-refractivity contribution in [1.29, 1.82) is 0 Å². The number of nitro benzene ring substituents is 1. The summed E-state index contributed by atoms with van der Waals surface area (Å²) in [5.41, 5.74) is 0.549. The molecule has 0 saturated carbocycles. The van der Waals surface area contributed by atoms with Crippen molar-refractivity contribution in [2.45, 2.75) is 5.92 Å². The molecule has 0 unspecified atom stereocenters. The molecule has 0 bridgehead atoms. The van der Waals surface area contributed by atoms with Gasteiger partial charge in [0.05, 0.1) is 4.92 Å². The number of hydrogen-bond acceptors (Lipinski definition) is 4. The lowest BCUT2D eigenvalue weighted by atomic mass is 9.93. The minimum absolute atomic E-state index is 0.134. The summed E-state index contributed by atoms with van der Waals surface area (Å²) >= 11 is 3.16. The van der Waals surface area contributed by atoms with Gasteiger partial charge >= 0.3 is 0 Å². The third kappa shape index (κ3) is 2.08. The van der Waals surface area contributed by atoms with Gasteiger partial charge in [0.15, 0.2) is 11.6 Å². The standard InChI is InChI=1S/C15H8BrNO4/c16-8-5-6-11(12(7-8)17(20)21)13-14(18)9-3-1-2-4-10(9)15(13)19/h1-7,13H. The predicted octanol–water partition coefficient (Wildman–Crippen LogP) is 3.52. The second-order valence-electron chi connectivity index (χ2n) is 4.67. The molecule has 21 heavy (non-hydrogen) atoms. The van der Waals surface area contributed by atoms with E-state index in [1.807, 2.05) is 0 Å². The molecule has 0 N–H and O–H groups in total. The van der Waals surface area contributed by atoms with Crippen molar-refractivity contribution < 1.29 is 14.5 Å². The molecular weight excluding hydrogens is 338 g/mol. The van der Waals surface area contributed by atoms with Gasteiger partial charge in [0, 0.05) is 27.2 Å². The molecular formula is C15H8BrNO4. The normalized spacial score (nSPS) is 14.3. The fraction of sp³-hybridized carbons (Fsp3) is 0.0667. The average molecular weight is 346 g/mol. The SMILES string of the molecule is O=C1c2ccccc2C(=O)C1c1ccc(Br)cc1[N+](=O)[O-]. The third-order valence-electron chi connectivity index (χ3n) is 3.48. The van der Waals surface area contributed by atoms with E-state index >= 15 is 0 Å². The van der Waals surface area contributed by atoms with Crippen molar-refractivity contribution in [2.75, 3.05) is 0 Å². The van der Waals surface area contributed by atoms with E-state index < -0.39 is 10.8 Å². The number of nitrogens with zero attached hydrogens (tertiary/aromatic N) is 1. The number of fused-ring (bicyclic) bond motifs is 1. The summed E-state index contributed by atoms with van der Waals surface area (Å²) < 4.78 is 0.522. The smallest absolute Gasteiger partial charge is 0.274 e. The summed E-state index contributed by atoms with van der Waals surface area (Å²) in [6.45, 7) is 0. The van der Waals surface area contributed by atoms with Gasteiger partial charge in [-0.25, -0.2) is 0 Å². The zero-order valence-electron chi connectivity index (χ0n) is 10.6. The molecule has 0 heterocycles. The molecule has 0 amide bonds. The molecule has 0 atom stereocenters. The number of carbonyl (C=O) groups excluding carboxylic acids is 2. The number of carbonyl (C=O) groups is 2. The van der Waals surface area contributed by atoms with E-state index in [9.17, 15) is 19.7 Å². The van der Waals surface area contributed by atoms with E-state index in [1.165, 1.54) is 12.1 Å². The molecule has 2 aromatic rings. The molecule has 5 nitrogen and oxygen atoms in total. The van der Waals surface area contributed by atoms with Crippen LogP contribution in [0.25, 0.3) is 0 Å². The Balaban J connectivity index is 2.18. The third-order valence-corrected chi connectivity index (χ3v) is 3.98. The first-order valence-electron chi connectivity index (χ1n) is 6.12. The van der Waals surface area contributed by atoms with Crippen LogP contribution in [0.2, 0.25) is 0 Å². The lowest BCUT2D eigenvalue weighted by Gasteiger charge is -2.08. The average Bonchev–Trinajstić information content (AvgIpc) is 2.72. The highest BCUT2D eigenvalue weighted by Crippen LogP contribution is 2.38. The Morgan fingerprint density at radius 3 is 2.10 bits per heavy atom. The molecule has 0 spiro atoms. The maximum absolute atomic E-state index is 12.4. The summed E-state index contributed by atoms with van der Waals surface area (Å²) in [6.07, 6.45) is 0. The first-order valence-corrected chi connectivity index (χ1v) is 6.91. The molecule has 0 radical (unpaired) electrons. The van der Waals surface area contributed by atoms with Crippen LogP contribution in [0.15, 0.2) is 46.9 Å². The Hall–Kier alpha value is -2.34.